The van der Waals surface area contributed by atoms with E-state index >= 15 is 0 Å². The van der Waals surface area contributed by atoms with Crippen molar-refractivity contribution in [3.8, 4) is 0 Å². The Bertz CT molecular complexity index is 883. The number of carbonyl (C=O) groups is 1. The third kappa shape index (κ3) is 5.06. The minimum absolute atomic E-state index is 0.0303. The molecule has 1 aliphatic rings. The van der Waals surface area contributed by atoms with E-state index in [4.69, 9.17) is 0 Å². The van der Waals surface area contributed by atoms with Crippen LogP contribution in [-0.4, -0.2) is 58.6 Å². The molecule has 1 fully saturated rings. The third-order valence-electron chi connectivity index (χ3n) is 5.14. The molecule has 0 bridgehead atoms. The van der Waals surface area contributed by atoms with Gasteiger partial charge in [-0.3, -0.25) is 19.9 Å². The van der Waals surface area contributed by atoms with Crippen LogP contribution in [-0.2, 0) is 4.79 Å². The number of aryl methyl sites for hydroxylation is 1. The first kappa shape index (κ1) is 19.7. The van der Waals surface area contributed by atoms with Crippen LogP contribution < -0.4 is 5.32 Å². The van der Waals surface area contributed by atoms with Gasteiger partial charge < -0.3 is 0 Å². The van der Waals surface area contributed by atoms with E-state index in [1.165, 1.54) is 22.5 Å². The van der Waals surface area contributed by atoms with Crippen molar-refractivity contribution in [3.63, 3.8) is 0 Å². The highest BCUT2D eigenvalue weighted by atomic mass is 32.1. The Labute approximate surface area is 175 Å². The van der Waals surface area contributed by atoms with Crippen molar-refractivity contribution in [1.29, 1.82) is 0 Å². The first-order valence-corrected chi connectivity index (χ1v) is 10.7. The highest BCUT2D eigenvalue weighted by molar-refractivity contribution is 7.15. The molecule has 1 aromatic heterocycles. The molecule has 7 heteroatoms. The molecule has 0 saturated carbocycles. The topological polar surface area (TPSA) is 61.4 Å². The summed E-state index contributed by atoms with van der Waals surface area (Å²) in [7, 11) is 0. The van der Waals surface area contributed by atoms with Gasteiger partial charge >= 0.3 is 0 Å². The molecule has 1 N–H and O–H groups in total. The molecule has 2 aromatic carbocycles. The predicted molar refractivity (Wildman–Crippen MR) is 116 cm³/mol. The number of hydrogen-bond donors (Lipinski definition) is 1. The molecule has 150 valence electrons. The number of amides is 1. The Hall–Kier alpha value is -2.61. The van der Waals surface area contributed by atoms with Crippen LogP contribution in [0.3, 0.4) is 0 Å². The standard InChI is InChI=1S/C22H25N5OS/c1-17-24-25-22(29-17)23-20(28)16-26-12-14-27(15-13-26)21(18-8-4-2-5-9-18)19-10-6-3-7-11-19/h2-11,21H,12-16H2,1H3,(H,23,25,28). The summed E-state index contributed by atoms with van der Waals surface area (Å²) in [6, 6.07) is 21.5. The van der Waals surface area contributed by atoms with E-state index in [0.717, 1.165) is 31.2 Å². The molecule has 0 unspecified atom stereocenters. The van der Waals surface area contributed by atoms with Gasteiger partial charge in [-0.1, -0.05) is 72.0 Å². The van der Waals surface area contributed by atoms with Crippen LogP contribution in [0.4, 0.5) is 5.13 Å². The highest BCUT2D eigenvalue weighted by Crippen LogP contribution is 2.29. The molecule has 0 atom stereocenters. The number of rotatable bonds is 6. The van der Waals surface area contributed by atoms with Gasteiger partial charge in [-0.15, -0.1) is 10.2 Å². The molecule has 0 spiro atoms. The van der Waals surface area contributed by atoms with E-state index in [-0.39, 0.29) is 11.9 Å². The Morgan fingerprint density at radius 2 is 1.55 bits per heavy atom. The summed E-state index contributed by atoms with van der Waals surface area (Å²) in [6.07, 6.45) is 0. The lowest BCUT2D eigenvalue weighted by Crippen LogP contribution is -2.49. The lowest BCUT2D eigenvalue weighted by Gasteiger charge is -2.39. The Balaban J connectivity index is 1.38. The van der Waals surface area contributed by atoms with Crippen molar-refractivity contribution in [2.45, 2.75) is 13.0 Å². The van der Waals surface area contributed by atoms with Gasteiger partial charge in [0.25, 0.3) is 0 Å². The number of piperazine rings is 1. The van der Waals surface area contributed by atoms with E-state index in [1.54, 1.807) is 0 Å². The molecule has 1 saturated heterocycles. The van der Waals surface area contributed by atoms with Gasteiger partial charge in [0, 0.05) is 26.2 Å². The number of nitrogens with zero attached hydrogens (tertiary/aromatic N) is 4. The molecule has 6 nitrogen and oxygen atoms in total. The summed E-state index contributed by atoms with van der Waals surface area (Å²) < 4.78 is 0. The second-order valence-electron chi connectivity index (χ2n) is 7.21. The summed E-state index contributed by atoms with van der Waals surface area (Å²) >= 11 is 1.40. The Kier molecular flexibility index (Phi) is 6.29. The fourth-order valence-electron chi connectivity index (χ4n) is 3.77. The number of hydrogen-bond acceptors (Lipinski definition) is 6. The molecule has 0 radical (unpaired) electrons. The van der Waals surface area contributed by atoms with E-state index in [9.17, 15) is 4.79 Å². The molecule has 1 amide bonds. The lowest BCUT2D eigenvalue weighted by atomic mass is 9.96. The van der Waals surface area contributed by atoms with Gasteiger partial charge in [-0.2, -0.15) is 0 Å². The third-order valence-corrected chi connectivity index (χ3v) is 5.90. The van der Waals surface area contributed by atoms with Crippen molar-refractivity contribution in [3.05, 3.63) is 76.8 Å². The normalized spacial score (nSPS) is 15.5. The van der Waals surface area contributed by atoms with Crippen molar-refractivity contribution in [2.75, 3.05) is 38.0 Å². The molecule has 3 aromatic rings. The largest absolute Gasteiger partial charge is 0.299 e. The molecule has 0 aliphatic carbocycles. The van der Waals surface area contributed by atoms with E-state index < -0.39 is 0 Å². The van der Waals surface area contributed by atoms with Gasteiger partial charge in [0.05, 0.1) is 12.6 Å². The van der Waals surface area contributed by atoms with Crippen LogP contribution in [0.5, 0.6) is 0 Å². The van der Waals surface area contributed by atoms with Crippen molar-refractivity contribution in [2.24, 2.45) is 0 Å². The fraction of sp³-hybridized carbons (Fsp3) is 0.318. The number of anilines is 1. The van der Waals surface area contributed by atoms with Crippen molar-refractivity contribution in [1.82, 2.24) is 20.0 Å². The van der Waals surface area contributed by atoms with Crippen LogP contribution in [0.1, 0.15) is 22.2 Å². The zero-order valence-electron chi connectivity index (χ0n) is 16.5. The number of carbonyl (C=O) groups excluding carboxylic acids is 1. The Morgan fingerprint density at radius 3 is 2.07 bits per heavy atom. The van der Waals surface area contributed by atoms with Crippen LogP contribution in [0.15, 0.2) is 60.7 Å². The maximum Gasteiger partial charge on any atom is 0.240 e. The highest BCUT2D eigenvalue weighted by Gasteiger charge is 2.27. The van der Waals surface area contributed by atoms with Crippen molar-refractivity contribution < 1.29 is 4.79 Å². The average molecular weight is 408 g/mol. The smallest absolute Gasteiger partial charge is 0.240 e. The summed E-state index contributed by atoms with van der Waals surface area (Å²) in [5.74, 6) is -0.0303. The zero-order valence-corrected chi connectivity index (χ0v) is 17.3. The van der Waals surface area contributed by atoms with Crippen LogP contribution >= 0.6 is 11.3 Å². The minimum atomic E-state index is -0.0303. The van der Waals surface area contributed by atoms with Crippen molar-refractivity contribution >= 4 is 22.4 Å². The van der Waals surface area contributed by atoms with Gasteiger partial charge in [0.2, 0.25) is 11.0 Å². The second-order valence-corrected chi connectivity index (χ2v) is 8.39. The van der Waals surface area contributed by atoms with Gasteiger partial charge in [-0.05, 0) is 18.1 Å². The summed E-state index contributed by atoms with van der Waals surface area (Å²) in [4.78, 5) is 17.0. The van der Waals surface area contributed by atoms with Gasteiger partial charge in [0.1, 0.15) is 5.01 Å². The van der Waals surface area contributed by atoms with Crippen LogP contribution in [0.25, 0.3) is 0 Å². The van der Waals surface area contributed by atoms with E-state index in [1.807, 2.05) is 6.92 Å². The van der Waals surface area contributed by atoms with Crippen LogP contribution in [0.2, 0.25) is 0 Å². The molecule has 29 heavy (non-hydrogen) atoms. The maximum absolute atomic E-state index is 12.3. The predicted octanol–water partition coefficient (Wildman–Crippen LogP) is 3.19. The first-order chi connectivity index (χ1) is 14.2. The number of benzene rings is 2. The van der Waals surface area contributed by atoms with Gasteiger partial charge in [-0.25, -0.2) is 0 Å². The first-order valence-electron chi connectivity index (χ1n) is 9.85. The molecule has 1 aliphatic heterocycles. The summed E-state index contributed by atoms with van der Waals surface area (Å²) in [5.41, 5.74) is 2.60. The number of aromatic nitrogens is 2. The fourth-order valence-corrected chi connectivity index (χ4v) is 4.38. The number of nitrogens with one attached hydrogen (secondary N) is 1. The van der Waals surface area contributed by atoms with Crippen LogP contribution in [0, 0.1) is 6.92 Å². The SMILES string of the molecule is Cc1nnc(NC(=O)CN2CCN(C(c3ccccc3)c3ccccc3)CC2)s1. The summed E-state index contributed by atoms with van der Waals surface area (Å²) in [5, 5.41) is 12.2. The monoisotopic (exact) mass is 407 g/mol. The summed E-state index contributed by atoms with van der Waals surface area (Å²) in [6.45, 7) is 5.81. The molecule has 4 rings (SSSR count). The van der Waals surface area contributed by atoms with E-state index in [2.05, 4.69) is 86.0 Å². The van der Waals surface area contributed by atoms with E-state index in [0.29, 0.717) is 11.7 Å². The average Bonchev–Trinajstić information content (AvgIpc) is 3.15. The molecule has 2 heterocycles. The molecular formula is C22H25N5OS. The quantitative estimate of drug-likeness (QED) is 0.680. The second kappa shape index (κ2) is 9.26. The van der Waals surface area contributed by atoms with Gasteiger partial charge in [0.15, 0.2) is 0 Å². The molecular weight excluding hydrogens is 382 g/mol. The zero-order chi connectivity index (χ0) is 20.1. The minimum Gasteiger partial charge on any atom is -0.299 e. The lowest BCUT2D eigenvalue weighted by molar-refractivity contribution is -0.117. The maximum atomic E-state index is 12.3. The Morgan fingerprint density at radius 1 is 0.966 bits per heavy atom.